The minimum atomic E-state index is -0.869. The van der Waals surface area contributed by atoms with Gasteiger partial charge in [0, 0.05) is 4.88 Å². The van der Waals surface area contributed by atoms with Gasteiger partial charge < -0.3 is 10.4 Å². The molecule has 0 unspecified atom stereocenters. The van der Waals surface area contributed by atoms with E-state index in [1.807, 2.05) is 27.7 Å². The first-order valence-corrected chi connectivity index (χ1v) is 6.93. The Bertz CT molecular complexity index is 622. The molecule has 0 bridgehead atoms. The third-order valence-corrected chi connectivity index (χ3v) is 4.31. The zero-order valence-electron chi connectivity index (χ0n) is 11.4. The number of rotatable bonds is 4. The third-order valence-electron chi connectivity index (χ3n) is 3.19. The van der Waals surface area contributed by atoms with Crippen LogP contribution in [0.2, 0.25) is 0 Å². The van der Waals surface area contributed by atoms with Gasteiger partial charge in [-0.2, -0.15) is 0 Å². The second-order valence-corrected chi connectivity index (χ2v) is 6.09. The number of aliphatic carboxylic acids is 1. The summed E-state index contributed by atoms with van der Waals surface area (Å²) in [6.45, 7) is 7.78. The average Bonchev–Trinajstić information content (AvgIpc) is 2.62. The van der Waals surface area contributed by atoms with Crippen LogP contribution in [0.3, 0.4) is 0 Å². The van der Waals surface area contributed by atoms with Crippen LogP contribution in [0.4, 0.5) is 5.82 Å². The van der Waals surface area contributed by atoms with Gasteiger partial charge in [-0.05, 0) is 25.3 Å². The Balaban J connectivity index is 2.48. The van der Waals surface area contributed by atoms with E-state index in [-0.39, 0.29) is 5.92 Å². The molecule has 6 heteroatoms. The van der Waals surface area contributed by atoms with E-state index in [1.165, 1.54) is 11.2 Å². The van der Waals surface area contributed by atoms with Crippen LogP contribution in [-0.2, 0) is 4.79 Å². The molecule has 0 saturated heterocycles. The minimum absolute atomic E-state index is 0.0254. The van der Waals surface area contributed by atoms with Gasteiger partial charge in [0.05, 0.1) is 5.39 Å². The number of thiophene rings is 1. The lowest BCUT2D eigenvalue weighted by molar-refractivity contribution is -0.138. The van der Waals surface area contributed by atoms with Crippen LogP contribution >= 0.6 is 11.3 Å². The van der Waals surface area contributed by atoms with Crippen molar-refractivity contribution in [3.8, 4) is 0 Å². The van der Waals surface area contributed by atoms with Crippen LogP contribution in [0.25, 0.3) is 10.2 Å². The zero-order chi connectivity index (χ0) is 14.2. The molecule has 0 fully saturated rings. The Morgan fingerprint density at radius 3 is 2.63 bits per heavy atom. The molecule has 2 aromatic heterocycles. The summed E-state index contributed by atoms with van der Waals surface area (Å²) in [5, 5.41) is 13.2. The number of hydrogen-bond donors (Lipinski definition) is 2. The summed E-state index contributed by atoms with van der Waals surface area (Å²) in [6.07, 6.45) is 1.47. The standard InChI is InChI=1S/C13H17N3O2S/c1-6(2)10(13(17)18)16-11-9-7(3)8(4)19-12(9)15-5-14-11/h5-6,10H,1-4H3,(H,17,18)(H,14,15,16)/t10-/m1/s1. The number of aromatic nitrogens is 2. The van der Waals surface area contributed by atoms with Crippen molar-refractivity contribution in [3.63, 3.8) is 0 Å². The fraction of sp³-hybridized carbons (Fsp3) is 0.462. The summed E-state index contributed by atoms with van der Waals surface area (Å²) in [5.41, 5.74) is 1.11. The molecular weight excluding hydrogens is 262 g/mol. The van der Waals surface area contributed by atoms with Crippen LogP contribution in [0.5, 0.6) is 0 Å². The molecule has 0 amide bonds. The number of carbonyl (C=O) groups is 1. The van der Waals surface area contributed by atoms with Gasteiger partial charge in [0.2, 0.25) is 0 Å². The largest absolute Gasteiger partial charge is 0.480 e. The van der Waals surface area contributed by atoms with Gasteiger partial charge in [-0.1, -0.05) is 13.8 Å². The van der Waals surface area contributed by atoms with E-state index >= 15 is 0 Å². The molecule has 0 aliphatic rings. The highest BCUT2D eigenvalue weighted by molar-refractivity contribution is 7.18. The van der Waals surface area contributed by atoms with E-state index in [4.69, 9.17) is 0 Å². The second kappa shape index (κ2) is 5.13. The number of fused-ring (bicyclic) bond motifs is 1. The normalized spacial score (nSPS) is 12.9. The predicted molar refractivity (Wildman–Crippen MR) is 76.8 cm³/mol. The Hall–Kier alpha value is -1.69. The number of carboxylic acid groups (broad SMARTS) is 1. The first-order chi connectivity index (χ1) is 8.91. The Kier molecular flexibility index (Phi) is 3.71. The lowest BCUT2D eigenvalue weighted by Crippen LogP contribution is -2.34. The van der Waals surface area contributed by atoms with Crippen molar-refractivity contribution in [2.75, 3.05) is 5.32 Å². The number of nitrogens with zero attached hydrogens (tertiary/aromatic N) is 2. The average molecular weight is 279 g/mol. The predicted octanol–water partition coefficient (Wildman–Crippen LogP) is 2.83. The van der Waals surface area contributed by atoms with Gasteiger partial charge in [0.25, 0.3) is 0 Å². The van der Waals surface area contributed by atoms with Crippen molar-refractivity contribution in [2.24, 2.45) is 5.92 Å². The SMILES string of the molecule is Cc1sc2ncnc(N[C@@H](C(=O)O)C(C)C)c2c1C. The van der Waals surface area contributed by atoms with Crippen LogP contribution in [0, 0.1) is 19.8 Å². The molecule has 5 nitrogen and oxygen atoms in total. The Morgan fingerprint density at radius 2 is 2.05 bits per heavy atom. The molecule has 1 atom stereocenters. The fourth-order valence-electron chi connectivity index (χ4n) is 1.95. The van der Waals surface area contributed by atoms with Gasteiger partial charge >= 0.3 is 5.97 Å². The molecular formula is C13H17N3O2S. The van der Waals surface area contributed by atoms with Gasteiger partial charge in [0.15, 0.2) is 0 Å². The van der Waals surface area contributed by atoms with E-state index in [9.17, 15) is 9.90 Å². The van der Waals surface area contributed by atoms with Crippen molar-refractivity contribution >= 4 is 33.3 Å². The van der Waals surface area contributed by atoms with E-state index in [2.05, 4.69) is 15.3 Å². The molecule has 2 aromatic rings. The second-order valence-electron chi connectivity index (χ2n) is 4.89. The molecule has 0 radical (unpaired) electrons. The van der Waals surface area contributed by atoms with Crippen LogP contribution in [0.1, 0.15) is 24.3 Å². The number of anilines is 1. The van der Waals surface area contributed by atoms with Gasteiger partial charge in [-0.3, -0.25) is 0 Å². The summed E-state index contributed by atoms with van der Waals surface area (Å²) in [7, 11) is 0. The molecule has 102 valence electrons. The first kappa shape index (κ1) is 13.7. The van der Waals surface area contributed by atoms with Crippen molar-refractivity contribution < 1.29 is 9.90 Å². The van der Waals surface area contributed by atoms with E-state index in [1.54, 1.807) is 11.3 Å². The maximum Gasteiger partial charge on any atom is 0.326 e. The highest BCUT2D eigenvalue weighted by Crippen LogP contribution is 2.33. The van der Waals surface area contributed by atoms with Crippen LogP contribution in [0.15, 0.2) is 6.33 Å². The summed E-state index contributed by atoms with van der Waals surface area (Å²) >= 11 is 1.60. The minimum Gasteiger partial charge on any atom is -0.480 e. The smallest absolute Gasteiger partial charge is 0.326 e. The van der Waals surface area contributed by atoms with Crippen LogP contribution in [-0.4, -0.2) is 27.1 Å². The van der Waals surface area contributed by atoms with E-state index in [0.29, 0.717) is 5.82 Å². The van der Waals surface area contributed by atoms with E-state index < -0.39 is 12.0 Å². The van der Waals surface area contributed by atoms with Crippen molar-refractivity contribution in [2.45, 2.75) is 33.7 Å². The Morgan fingerprint density at radius 1 is 1.37 bits per heavy atom. The van der Waals surface area contributed by atoms with Gasteiger partial charge in [0.1, 0.15) is 23.0 Å². The van der Waals surface area contributed by atoms with E-state index in [0.717, 1.165) is 15.8 Å². The third kappa shape index (κ3) is 2.53. The highest BCUT2D eigenvalue weighted by atomic mass is 32.1. The molecule has 2 rings (SSSR count). The lowest BCUT2D eigenvalue weighted by atomic mass is 10.0. The number of aryl methyl sites for hydroxylation is 2. The maximum atomic E-state index is 11.3. The lowest BCUT2D eigenvalue weighted by Gasteiger charge is -2.19. The highest BCUT2D eigenvalue weighted by Gasteiger charge is 2.23. The number of nitrogens with one attached hydrogen (secondary N) is 1. The summed E-state index contributed by atoms with van der Waals surface area (Å²) in [6, 6.07) is -0.655. The fourth-order valence-corrected chi connectivity index (χ4v) is 2.95. The first-order valence-electron chi connectivity index (χ1n) is 6.11. The van der Waals surface area contributed by atoms with Crippen LogP contribution < -0.4 is 5.32 Å². The number of hydrogen-bond acceptors (Lipinski definition) is 5. The van der Waals surface area contributed by atoms with Crippen molar-refractivity contribution in [1.29, 1.82) is 0 Å². The Labute approximate surface area is 115 Å². The molecule has 2 heterocycles. The zero-order valence-corrected chi connectivity index (χ0v) is 12.2. The summed E-state index contributed by atoms with van der Waals surface area (Å²) < 4.78 is 0. The molecule has 0 aromatic carbocycles. The summed E-state index contributed by atoms with van der Waals surface area (Å²) in [5.74, 6) is -0.290. The molecule has 0 aliphatic carbocycles. The van der Waals surface area contributed by atoms with Gasteiger partial charge in [-0.15, -0.1) is 11.3 Å². The molecule has 0 aliphatic heterocycles. The molecule has 2 N–H and O–H groups in total. The molecule has 0 saturated carbocycles. The molecule has 19 heavy (non-hydrogen) atoms. The topological polar surface area (TPSA) is 75.1 Å². The van der Waals surface area contributed by atoms with Crippen molar-refractivity contribution in [1.82, 2.24) is 9.97 Å². The monoisotopic (exact) mass is 279 g/mol. The van der Waals surface area contributed by atoms with Crippen molar-refractivity contribution in [3.05, 3.63) is 16.8 Å². The van der Waals surface area contributed by atoms with Gasteiger partial charge in [-0.25, -0.2) is 14.8 Å². The number of carboxylic acids is 1. The maximum absolute atomic E-state index is 11.3. The summed E-state index contributed by atoms with van der Waals surface area (Å²) in [4.78, 5) is 21.8. The quantitative estimate of drug-likeness (QED) is 0.900. The molecule has 0 spiro atoms.